The molecule has 1 heterocycles. The molecule has 1 atom stereocenters. The lowest BCUT2D eigenvalue weighted by Crippen LogP contribution is -2.42. The van der Waals surface area contributed by atoms with Gasteiger partial charge in [0, 0.05) is 24.2 Å². The zero-order valence-electron chi connectivity index (χ0n) is 24.5. The van der Waals surface area contributed by atoms with Gasteiger partial charge in [0.1, 0.15) is 12.4 Å². The van der Waals surface area contributed by atoms with Gasteiger partial charge < -0.3 is 33.3 Å². The predicted octanol–water partition coefficient (Wildman–Crippen LogP) is 5.63. The van der Waals surface area contributed by atoms with Gasteiger partial charge in [-0.05, 0) is 74.7 Å². The maximum atomic E-state index is 14.2. The number of hydrogen-bond acceptors (Lipinski definition) is 9. The SMILES string of the molecule is CCOc1cc(C(=O)N2CCc3cc(OC)c(OC)cc3[C@@H]2COc2ccc([N+](=O)[O-])cc2)cc(OCC)c1OCC. The van der Waals surface area contributed by atoms with Crippen LogP contribution in [-0.2, 0) is 6.42 Å². The van der Waals surface area contributed by atoms with Crippen molar-refractivity contribution in [3.63, 3.8) is 0 Å². The summed E-state index contributed by atoms with van der Waals surface area (Å²) in [5, 5.41) is 11.1. The van der Waals surface area contributed by atoms with Crippen LogP contribution in [0.5, 0.6) is 34.5 Å². The molecule has 0 unspecified atom stereocenters. The minimum Gasteiger partial charge on any atom is -0.493 e. The summed E-state index contributed by atoms with van der Waals surface area (Å²) >= 11 is 0. The molecule has 0 N–H and O–H groups in total. The number of nitro groups is 1. The van der Waals surface area contributed by atoms with Crippen LogP contribution in [0, 0.1) is 10.1 Å². The van der Waals surface area contributed by atoms with E-state index in [4.69, 9.17) is 28.4 Å². The highest BCUT2D eigenvalue weighted by Gasteiger charge is 2.34. The molecular weight excluding hydrogens is 544 g/mol. The molecule has 42 heavy (non-hydrogen) atoms. The lowest BCUT2D eigenvalue weighted by Gasteiger charge is -2.38. The monoisotopic (exact) mass is 580 g/mol. The Labute approximate surface area is 245 Å². The normalized spacial score (nSPS) is 14.0. The first-order chi connectivity index (χ1) is 20.3. The van der Waals surface area contributed by atoms with Crippen LogP contribution in [0.2, 0.25) is 0 Å². The summed E-state index contributed by atoms with van der Waals surface area (Å²) in [7, 11) is 3.14. The summed E-state index contributed by atoms with van der Waals surface area (Å²) in [5.41, 5.74) is 2.21. The third-order valence-electron chi connectivity index (χ3n) is 6.88. The van der Waals surface area contributed by atoms with Gasteiger partial charge >= 0.3 is 0 Å². The summed E-state index contributed by atoms with van der Waals surface area (Å²) in [6, 6.07) is 12.5. The number of methoxy groups -OCH3 is 2. The Kier molecular flexibility index (Phi) is 9.95. The molecule has 3 aromatic carbocycles. The van der Waals surface area contributed by atoms with Crippen molar-refractivity contribution in [2.75, 3.05) is 47.2 Å². The highest BCUT2D eigenvalue weighted by atomic mass is 16.6. The predicted molar refractivity (Wildman–Crippen MR) is 156 cm³/mol. The molecule has 0 radical (unpaired) electrons. The summed E-state index contributed by atoms with van der Waals surface area (Å²) < 4.78 is 34.7. The Morgan fingerprint density at radius 1 is 0.857 bits per heavy atom. The molecule has 0 fully saturated rings. The summed E-state index contributed by atoms with van der Waals surface area (Å²) in [6.07, 6.45) is 0.586. The number of carbonyl (C=O) groups excluding carboxylic acids is 1. The average molecular weight is 581 g/mol. The van der Waals surface area contributed by atoms with Crippen molar-refractivity contribution < 1.29 is 38.1 Å². The van der Waals surface area contributed by atoms with Gasteiger partial charge in [0.15, 0.2) is 23.0 Å². The quantitative estimate of drug-likeness (QED) is 0.187. The standard InChI is InChI=1S/C31H36N2O9/c1-6-39-28-16-21(17-29(40-7-2)30(28)41-8-3)31(34)32-14-13-20-15-26(37-4)27(38-5)18-24(20)25(32)19-42-23-11-9-22(10-12-23)33(35)36/h9-12,15-18,25H,6-8,13-14,19H2,1-5H3/t25-/m0/s1. The van der Waals surface area contributed by atoms with Gasteiger partial charge in [-0.1, -0.05) is 0 Å². The molecule has 1 aliphatic rings. The van der Waals surface area contributed by atoms with Crippen molar-refractivity contribution in [2.24, 2.45) is 0 Å². The van der Waals surface area contributed by atoms with Crippen molar-refractivity contribution in [3.8, 4) is 34.5 Å². The molecule has 11 nitrogen and oxygen atoms in total. The Morgan fingerprint density at radius 2 is 1.45 bits per heavy atom. The van der Waals surface area contributed by atoms with E-state index < -0.39 is 11.0 Å². The molecule has 0 spiro atoms. The largest absolute Gasteiger partial charge is 0.493 e. The number of nitrogens with zero attached hydrogens (tertiary/aromatic N) is 2. The van der Waals surface area contributed by atoms with Crippen molar-refractivity contribution in [2.45, 2.75) is 33.2 Å². The first-order valence-electron chi connectivity index (χ1n) is 13.8. The number of ether oxygens (including phenoxy) is 6. The van der Waals surface area contributed by atoms with Crippen LogP contribution in [0.25, 0.3) is 0 Å². The molecule has 1 aliphatic heterocycles. The third kappa shape index (κ3) is 6.45. The molecule has 0 saturated heterocycles. The smallest absolute Gasteiger partial charge is 0.269 e. The van der Waals surface area contributed by atoms with Gasteiger partial charge in [-0.25, -0.2) is 0 Å². The number of benzene rings is 3. The van der Waals surface area contributed by atoms with Crippen LogP contribution >= 0.6 is 0 Å². The maximum Gasteiger partial charge on any atom is 0.269 e. The second-order valence-corrected chi connectivity index (χ2v) is 9.33. The zero-order chi connectivity index (χ0) is 30.2. The van der Waals surface area contributed by atoms with E-state index in [0.29, 0.717) is 72.8 Å². The molecule has 0 saturated carbocycles. The molecule has 224 valence electrons. The molecule has 1 amide bonds. The molecule has 0 aromatic heterocycles. The second-order valence-electron chi connectivity index (χ2n) is 9.33. The lowest BCUT2D eigenvalue weighted by molar-refractivity contribution is -0.384. The fourth-order valence-corrected chi connectivity index (χ4v) is 4.97. The van der Waals surface area contributed by atoms with E-state index in [2.05, 4.69) is 0 Å². The Morgan fingerprint density at radius 3 is 2.00 bits per heavy atom. The maximum absolute atomic E-state index is 14.2. The van der Waals surface area contributed by atoms with E-state index in [9.17, 15) is 14.9 Å². The van der Waals surface area contributed by atoms with Crippen molar-refractivity contribution in [3.05, 3.63) is 75.3 Å². The van der Waals surface area contributed by atoms with Crippen LogP contribution in [0.3, 0.4) is 0 Å². The summed E-state index contributed by atoms with van der Waals surface area (Å²) in [5.74, 6) is 2.64. The van der Waals surface area contributed by atoms with Gasteiger partial charge in [0.2, 0.25) is 5.75 Å². The van der Waals surface area contributed by atoms with Crippen molar-refractivity contribution in [1.82, 2.24) is 4.90 Å². The fraction of sp³-hybridized carbons (Fsp3) is 0.387. The van der Waals surface area contributed by atoms with E-state index in [-0.39, 0.29) is 18.2 Å². The van der Waals surface area contributed by atoms with Gasteiger partial charge in [-0.2, -0.15) is 0 Å². The van der Waals surface area contributed by atoms with Gasteiger partial charge in [-0.15, -0.1) is 0 Å². The van der Waals surface area contributed by atoms with Crippen LogP contribution in [-0.4, -0.2) is 62.9 Å². The van der Waals surface area contributed by atoms with E-state index in [1.54, 1.807) is 31.3 Å². The van der Waals surface area contributed by atoms with E-state index in [0.717, 1.165) is 11.1 Å². The first kappa shape index (κ1) is 30.3. The minimum absolute atomic E-state index is 0.0373. The fourth-order valence-electron chi connectivity index (χ4n) is 4.97. The van der Waals surface area contributed by atoms with E-state index in [1.165, 1.54) is 24.3 Å². The van der Waals surface area contributed by atoms with Crippen LogP contribution in [0.4, 0.5) is 5.69 Å². The first-order valence-corrected chi connectivity index (χ1v) is 13.8. The Balaban J connectivity index is 1.74. The number of carbonyl (C=O) groups is 1. The van der Waals surface area contributed by atoms with Gasteiger partial charge in [0.05, 0.1) is 45.0 Å². The van der Waals surface area contributed by atoms with Crippen LogP contribution in [0.15, 0.2) is 48.5 Å². The van der Waals surface area contributed by atoms with Crippen molar-refractivity contribution in [1.29, 1.82) is 0 Å². The molecule has 0 bridgehead atoms. The van der Waals surface area contributed by atoms with E-state index >= 15 is 0 Å². The molecule has 11 heteroatoms. The van der Waals surface area contributed by atoms with Gasteiger partial charge in [-0.3, -0.25) is 14.9 Å². The highest BCUT2D eigenvalue weighted by Crippen LogP contribution is 2.42. The topological polar surface area (TPSA) is 119 Å². The molecule has 0 aliphatic carbocycles. The molecule has 3 aromatic rings. The zero-order valence-corrected chi connectivity index (χ0v) is 24.5. The van der Waals surface area contributed by atoms with Crippen molar-refractivity contribution >= 4 is 11.6 Å². The van der Waals surface area contributed by atoms with E-state index in [1.807, 2.05) is 32.9 Å². The highest BCUT2D eigenvalue weighted by molar-refractivity contribution is 5.96. The second kappa shape index (κ2) is 13.8. The number of rotatable bonds is 13. The van der Waals surface area contributed by atoms with Crippen LogP contribution in [0.1, 0.15) is 48.3 Å². The number of nitro benzene ring substituents is 1. The Bertz CT molecular complexity index is 1380. The third-order valence-corrected chi connectivity index (χ3v) is 6.88. The Hall–Kier alpha value is -4.67. The lowest BCUT2D eigenvalue weighted by atomic mass is 9.91. The molecular formula is C31H36N2O9. The molecule has 4 rings (SSSR count). The van der Waals surface area contributed by atoms with Crippen LogP contribution < -0.4 is 28.4 Å². The number of hydrogen-bond donors (Lipinski definition) is 0. The number of non-ortho nitro benzene ring substituents is 1. The number of amides is 1. The van der Waals surface area contributed by atoms with Gasteiger partial charge in [0.25, 0.3) is 11.6 Å². The average Bonchev–Trinajstić information content (AvgIpc) is 3.00. The number of fused-ring (bicyclic) bond motifs is 1. The summed E-state index contributed by atoms with van der Waals surface area (Å²) in [6.45, 7) is 7.27. The summed E-state index contributed by atoms with van der Waals surface area (Å²) in [4.78, 5) is 26.6. The minimum atomic E-state index is -0.506.